The summed E-state index contributed by atoms with van der Waals surface area (Å²) < 4.78 is 108. The third kappa shape index (κ3) is 8.76. The van der Waals surface area contributed by atoms with Crippen LogP contribution in [0.1, 0.15) is 99.9 Å². The lowest BCUT2D eigenvalue weighted by molar-refractivity contribution is -0.128. The van der Waals surface area contributed by atoms with E-state index in [2.05, 4.69) is 19.9 Å². The Labute approximate surface area is 449 Å². The molecule has 4 bridgehead atoms. The van der Waals surface area contributed by atoms with Gasteiger partial charge in [-0.2, -0.15) is 0 Å². The van der Waals surface area contributed by atoms with Gasteiger partial charge >= 0.3 is 0 Å². The molecule has 6 aromatic rings. The van der Waals surface area contributed by atoms with Gasteiger partial charge in [-0.3, -0.25) is 28.0 Å². The Kier molecular flexibility index (Phi) is 14.3. The number of hydrogen-bond acceptors (Lipinski definition) is 16. The molecule has 10 rings (SSSR count). The first kappa shape index (κ1) is 55.2. The van der Waals surface area contributed by atoms with Crippen LogP contribution in [0.15, 0.2) is 59.1 Å². The molecule has 0 aliphatic heterocycles. The van der Waals surface area contributed by atoms with Crippen LogP contribution in [0.3, 0.4) is 0 Å². The average molecular weight is 1120 g/mol. The molecule has 4 aromatic heterocycles. The fourth-order valence-electron chi connectivity index (χ4n) is 12.9. The van der Waals surface area contributed by atoms with Crippen LogP contribution in [0.4, 0.5) is 0 Å². The number of aromatic nitrogens is 6. The Morgan fingerprint density at radius 3 is 1.42 bits per heavy atom. The highest BCUT2D eigenvalue weighted by atomic mass is 32.2. The lowest BCUT2D eigenvalue weighted by Gasteiger charge is -2.36. The summed E-state index contributed by atoms with van der Waals surface area (Å²) in [6.07, 6.45) is 6.82. The molecule has 4 unspecified atom stereocenters. The minimum atomic E-state index is -4.16. The number of aryl methyl sites for hydroxylation is 2. The molecule has 6 atom stereocenters. The number of fused-ring (bicyclic) bond motifs is 6. The first-order valence-corrected chi connectivity index (χ1v) is 31.0. The molecule has 0 radical (unpaired) electrons. The summed E-state index contributed by atoms with van der Waals surface area (Å²) in [7, 11) is -5.90. The Hall–Kier alpha value is -5.58. The van der Waals surface area contributed by atoms with Crippen molar-refractivity contribution in [3.8, 4) is 23.0 Å². The first-order chi connectivity index (χ1) is 35.7. The van der Waals surface area contributed by atoms with E-state index < -0.39 is 63.3 Å². The van der Waals surface area contributed by atoms with Gasteiger partial charge in [-0.05, 0) is 100 Å². The zero-order valence-electron chi connectivity index (χ0n) is 45.1. The van der Waals surface area contributed by atoms with Crippen LogP contribution in [0.5, 0.6) is 23.0 Å². The minimum absolute atomic E-state index is 0.00132. The second-order valence-corrected chi connectivity index (χ2v) is 28.3. The second-order valence-electron chi connectivity index (χ2n) is 21.9. The third-order valence-electron chi connectivity index (χ3n) is 17.7. The summed E-state index contributed by atoms with van der Waals surface area (Å²) in [5, 5.41) is -0.189. The van der Waals surface area contributed by atoms with Gasteiger partial charge in [0.25, 0.3) is 0 Å². The molecule has 76 heavy (non-hydrogen) atoms. The molecule has 4 aliphatic rings. The lowest BCUT2D eigenvalue weighted by atomic mass is 9.70. The van der Waals surface area contributed by atoms with Crippen molar-refractivity contribution in [3.63, 3.8) is 0 Å². The monoisotopic (exact) mass is 1120 g/mol. The maximum Gasteiger partial charge on any atom is 0.242 e. The van der Waals surface area contributed by atoms with Crippen molar-refractivity contribution in [1.82, 2.24) is 27.9 Å². The number of methoxy groups -OCH3 is 4. The van der Waals surface area contributed by atoms with Crippen LogP contribution in [-0.2, 0) is 62.7 Å². The van der Waals surface area contributed by atoms with Crippen molar-refractivity contribution in [1.29, 1.82) is 0 Å². The summed E-state index contributed by atoms with van der Waals surface area (Å²) in [5.74, 6) is 1.80. The topological polar surface area (TPSA) is 235 Å². The maximum absolute atomic E-state index is 14.2. The number of carbonyl (C=O) groups is 2. The van der Waals surface area contributed by atoms with E-state index in [1.165, 1.54) is 14.2 Å². The molecule has 4 saturated carbocycles. The Balaban J connectivity index is 0.000000186. The molecular weight excluding hydrogens is 1050 g/mol. The Morgan fingerprint density at radius 1 is 0.592 bits per heavy atom. The van der Waals surface area contributed by atoms with Crippen LogP contribution < -0.4 is 18.9 Å². The number of rotatable bonds is 16. The van der Waals surface area contributed by atoms with E-state index in [1.807, 2.05) is 55.4 Å². The number of nitrogens with zero attached hydrogens (tertiary/aromatic N) is 6. The number of Topliss-reactive ketones (excluding diaryl/α,β-unsaturated/α-hetero) is 2. The van der Waals surface area contributed by atoms with Crippen molar-refractivity contribution >= 4 is 75.3 Å². The number of hydrogen-bond donors (Lipinski definition) is 0. The summed E-state index contributed by atoms with van der Waals surface area (Å²) in [6, 6.07) is 9.78. The van der Waals surface area contributed by atoms with Gasteiger partial charge in [-0.25, -0.2) is 34.7 Å². The fourth-order valence-corrected chi connectivity index (χ4v) is 20.7. The summed E-state index contributed by atoms with van der Waals surface area (Å²) >= 11 is 0. The number of ketones is 2. The first-order valence-electron chi connectivity index (χ1n) is 25.1. The van der Waals surface area contributed by atoms with Crippen LogP contribution in [-0.4, -0.2) is 105 Å². The molecule has 4 fully saturated rings. The molecule has 408 valence electrons. The largest absolute Gasteiger partial charge is 0.497 e. The molecule has 4 heterocycles. The van der Waals surface area contributed by atoms with E-state index in [0.717, 1.165) is 43.0 Å². The van der Waals surface area contributed by atoms with Crippen LogP contribution in [0.2, 0.25) is 0 Å². The molecule has 0 spiro atoms. The predicted octanol–water partition coefficient (Wildman–Crippen LogP) is 7.89. The predicted molar refractivity (Wildman–Crippen MR) is 289 cm³/mol. The van der Waals surface area contributed by atoms with Crippen LogP contribution in [0, 0.1) is 61.2 Å². The molecule has 22 heteroatoms. The van der Waals surface area contributed by atoms with E-state index in [1.54, 1.807) is 63.0 Å². The van der Waals surface area contributed by atoms with E-state index in [9.17, 15) is 34.8 Å². The maximum atomic E-state index is 14.2. The second kappa shape index (κ2) is 19.7. The summed E-state index contributed by atoms with van der Waals surface area (Å²) in [5.41, 5.74) is 2.70. The quantitative estimate of drug-likeness (QED) is 0.0896. The standard InChI is InChI=1S/2C27H33N3O6S2/c1-16-13-28-21(17(2)24(16)36-6)14-37(32)25-29-20-12-19(35-5)7-8-22(20)30(25)38(33,34)15-27-10-9-18(11-23(27)31)26(27,3)4;1-16-13-28-21(17(2)24(16)36-6)14-37(32)25-29-20-8-7-19(35-5)12-22(20)30(25)38(33,34)15-27-10-9-18(11-23(27)31)26(27,3)4/h2*7-8,12-13,18H,9-11,14-15H2,1-6H3/t2*18?,27?,37-/m00/s1. The van der Waals surface area contributed by atoms with E-state index in [0.29, 0.717) is 76.6 Å². The van der Waals surface area contributed by atoms with Gasteiger partial charge in [0.05, 0.1) is 117 Å². The van der Waals surface area contributed by atoms with Crippen molar-refractivity contribution in [2.24, 2.45) is 33.5 Å². The van der Waals surface area contributed by atoms with E-state index in [-0.39, 0.29) is 62.2 Å². The van der Waals surface area contributed by atoms with Crippen molar-refractivity contribution < 1.29 is 53.8 Å². The molecule has 2 aromatic carbocycles. The zero-order valence-corrected chi connectivity index (χ0v) is 48.3. The van der Waals surface area contributed by atoms with Gasteiger partial charge in [0.15, 0.2) is 0 Å². The van der Waals surface area contributed by atoms with Crippen LogP contribution in [0.25, 0.3) is 22.1 Å². The number of carbonyl (C=O) groups excluding carboxylic acids is 2. The van der Waals surface area contributed by atoms with Gasteiger partial charge in [0.1, 0.15) is 34.6 Å². The van der Waals surface area contributed by atoms with Crippen molar-refractivity contribution in [2.45, 2.75) is 116 Å². The highest BCUT2D eigenvalue weighted by molar-refractivity contribution is 7.91. The summed E-state index contributed by atoms with van der Waals surface area (Å²) in [4.78, 5) is 44.3. The van der Waals surface area contributed by atoms with Crippen molar-refractivity contribution in [3.05, 3.63) is 82.4 Å². The van der Waals surface area contributed by atoms with Gasteiger partial charge in [0.2, 0.25) is 30.4 Å². The Morgan fingerprint density at radius 2 is 1.01 bits per heavy atom. The van der Waals surface area contributed by atoms with E-state index in [4.69, 9.17) is 18.9 Å². The number of pyridine rings is 2. The van der Waals surface area contributed by atoms with Crippen molar-refractivity contribution in [2.75, 3.05) is 39.9 Å². The average Bonchev–Trinajstić information content (AvgIpc) is 4.19. The smallest absolute Gasteiger partial charge is 0.242 e. The highest BCUT2D eigenvalue weighted by Crippen LogP contribution is 2.65. The zero-order chi connectivity index (χ0) is 55.2. The van der Waals surface area contributed by atoms with Gasteiger partial charge in [-0.1, -0.05) is 27.7 Å². The van der Waals surface area contributed by atoms with Gasteiger partial charge in [-0.15, -0.1) is 0 Å². The molecular formula is C54H66N6O12S4. The number of ether oxygens (including phenoxy) is 4. The van der Waals surface area contributed by atoms with Gasteiger partial charge in [0, 0.05) is 59.6 Å². The normalized spacial score (nSPS) is 23.2. The third-order valence-corrected chi connectivity index (χ3v) is 23.9. The number of imidazole rings is 2. The molecule has 0 amide bonds. The van der Waals surface area contributed by atoms with Gasteiger partial charge < -0.3 is 18.9 Å². The Bertz CT molecular complexity index is 3590. The minimum Gasteiger partial charge on any atom is -0.497 e. The van der Waals surface area contributed by atoms with Crippen LogP contribution >= 0.6 is 0 Å². The molecule has 0 N–H and O–H groups in total. The molecule has 4 aliphatic carbocycles. The fraction of sp³-hybridized carbons (Fsp3) is 0.519. The number of benzene rings is 2. The SMILES string of the molecule is COc1ccc2c(c1)nc([S@@](=O)Cc1ncc(C)c(OC)c1C)n2S(=O)(=O)CC12CCC(CC1=O)C2(C)C.COc1ccc2nc([S@@](=O)Cc3ncc(C)c(OC)c3C)n(S(=O)(=O)CC34CCC(CC3=O)C4(C)C)c2c1. The molecule has 0 saturated heterocycles. The molecule has 18 nitrogen and oxygen atoms in total. The lowest BCUT2D eigenvalue weighted by Crippen LogP contribution is -2.43. The highest BCUT2D eigenvalue weighted by Gasteiger charge is 2.67. The summed E-state index contributed by atoms with van der Waals surface area (Å²) in [6.45, 7) is 15.4. The van der Waals surface area contributed by atoms with E-state index >= 15 is 0 Å².